The second kappa shape index (κ2) is 4.27. The summed E-state index contributed by atoms with van der Waals surface area (Å²) >= 11 is 0. The number of anilines is 1. The third kappa shape index (κ3) is 2.14. The molecule has 2 rings (SSSR count). The standard InChI is InChI=1S/C16H25NO/c1-15(2,3)12-8-6-7-9-13(12)17-11-10-14(18)16(17,4)5/h6-9,14,18H,10-11H2,1-5H3. The molecule has 1 unspecified atom stereocenters. The maximum atomic E-state index is 10.1. The zero-order valence-corrected chi connectivity index (χ0v) is 12.2. The first-order chi connectivity index (χ1) is 8.24. The minimum absolute atomic E-state index is 0.125. The Morgan fingerprint density at radius 1 is 1.22 bits per heavy atom. The molecule has 1 saturated heterocycles. The number of aliphatic hydroxyl groups excluding tert-OH is 1. The summed E-state index contributed by atoms with van der Waals surface area (Å²) in [6.45, 7) is 11.9. The summed E-state index contributed by atoms with van der Waals surface area (Å²) in [4.78, 5) is 2.36. The molecule has 1 fully saturated rings. The maximum Gasteiger partial charge on any atom is 0.0783 e. The van der Waals surface area contributed by atoms with Crippen molar-refractivity contribution >= 4 is 5.69 Å². The van der Waals surface area contributed by atoms with Crippen LogP contribution in [0.4, 0.5) is 5.69 Å². The normalized spacial score (nSPS) is 23.4. The molecule has 18 heavy (non-hydrogen) atoms. The van der Waals surface area contributed by atoms with Crippen LogP contribution in [-0.2, 0) is 5.41 Å². The van der Waals surface area contributed by atoms with Crippen LogP contribution in [0, 0.1) is 0 Å². The molecule has 1 N–H and O–H groups in total. The van der Waals surface area contributed by atoms with Crippen molar-refractivity contribution < 1.29 is 5.11 Å². The van der Waals surface area contributed by atoms with E-state index in [0.717, 1.165) is 13.0 Å². The molecule has 1 aliphatic heterocycles. The van der Waals surface area contributed by atoms with Crippen LogP contribution in [0.1, 0.15) is 46.6 Å². The van der Waals surface area contributed by atoms with Gasteiger partial charge in [-0.2, -0.15) is 0 Å². The van der Waals surface area contributed by atoms with Gasteiger partial charge < -0.3 is 10.0 Å². The maximum absolute atomic E-state index is 10.1. The number of nitrogens with zero attached hydrogens (tertiary/aromatic N) is 1. The molecule has 1 aliphatic rings. The highest BCUT2D eigenvalue weighted by molar-refractivity contribution is 5.59. The molecule has 0 saturated carbocycles. The molecular formula is C16H25NO. The van der Waals surface area contributed by atoms with E-state index in [1.807, 2.05) is 0 Å². The molecule has 1 atom stereocenters. The first-order valence-corrected chi connectivity index (χ1v) is 6.80. The fourth-order valence-electron chi connectivity index (χ4n) is 2.85. The lowest BCUT2D eigenvalue weighted by molar-refractivity contribution is 0.127. The number of benzene rings is 1. The quantitative estimate of drug-likeness (QED) is 0.823. The number of hydrogen-bond donors (Lipinski definition) is 1. The van der Waals surface area contributed by atoms with Gasteiger partial charge in [-0.15, -0.1) is 0 Å². The van der Waals surface area contributed by atoms with Gasteiger partial charge in [-0.05, 0) is 37.3 Å². The second-order valence-corrected chi connectivity index (χ2v) is 6.88. The van der Waals surface area contributed by atoms with E-state index in [1.54, 1.807) is 0 Å². The zero-order chi connectivity index (χ0) is 13.6. The second-order valence-electron chi connectivity index (χ2n) is 6.88. The smallest absolute Gasteiger partial charge is 0.0783 e. The third-order valence-corrected chi connectivity index (χ3v) is 4.14. The van der Waals surface area contributed by atoms with E-state index in [0.29, 0.717) is 0 Å². The van der Waals surface area contributed by atoms with E-state index < -0.39 is 0 Å². The van der Waals surface area contributed by atoms with Crippen LogP contribution in [-0.4, -0.2) is 23.3 Å². The van der Waals surface area contributed by atoms with Crippen LogP contribution in [0.5, 0.6) is 0 Å². The Bertz CT molecular complexity index is 431. The predicted molar refractivity (Wildman–Crippen MR) is 77.2 cm³/mol. The Balaban J connectivity index is 2.47. The van der Waals surface area contributed by atoms with E-state index in [4.69, 9.17) is 0 Å². The van der Waals surface area contributed by atoms with Crippen LogP contribution in [0.15, 0.2) is 24.3 Å². The fraction of sp³-hybridized carbons (Fsp3) is 0.625. The van der Waals surface area contributed by atoms with Crippen molar-refractivity contribution in [3.8, 4) is 0 Å². The largest absolute Gasteiger partial charge is 0.391 e. The van der Waals surface area contributed by atoms with E-state index >= 15 is 0 Å². The minimum Gasteiger partial charge on any atom is -0.391 e. The molecule has 0 aromatic heterocycles. The third-order valence-electron chi connectivity index (χ3n) is 4.14. The van der Waals surface area contributed by atoms with Gasteiger partial charge in [0.05, 0.1) is 11.6 Å². The van der Waals surface area contributed by atoms with Gasteiger partial charge in [0.2, 0.25) is 0 Å². The van der Waals surface area contributed by atoms with Crippen LogP contribution in [0.2, 0.25) is 0 Å². The van der Waals surface area contributed by atoms with E-state index in [9.17, 15) is 5.11 Å². The van der Waals surface area contributed by atoms with Crippen molar-refractivity contribution in [2.24, 2.45) is 0 Å². The van der Waals surface area contributed by atoms with Crippen molar-refractivity contribution in [1.29, 1.82) is 0 Å². The van der Waals surface area contributed by atoms with E-state index in [1.165, 1.54) is 11.3 Å². The lowest BCUT2D eigenvalue weighted by Crippen LogP contribution is -2.45. The lowest BCUT2D eigenvalue weighted by Gasteiger charge is -2.38. The molecule has 0 bridgehead atoms. The molecular weight excluding hydrogens is 222 g/mol. The Labute approximate surface area is 111 Å². The Kier molecular flexibility index (Phi) is 3.18. The van der Waals surface area contributed by atoms with Gasteiger partial charge in [0, 0.05) is 12.2 Å². The SMILES string of the molecule is CC(C)(C)c1ccccc1N1CCC(O)C1(C)C. The predicted octanol–water partition coefficient (Wildman–Crippen LogP) is 3.33. The highest BCUT2D eigenvalue weighted by atomic mass is 16.3. The molecule has 0 radical (unpaired) electrons. The monoisotopic (exact) mass is 247 g/mol. The molecule has 100 valence electrons. The van der Waals surface area contributed by atoms with Crippen LogP contribution >= 0.6 is 0 Å². The summed E-state index contributed by atoms with van der Waals surface area (Å²) in [7, 11) is 0. The first-order valence-electron chi connectivity index (χ1n) is 6.80. The number of rotatable bonds is 1. The fourth-order valence-corrected chi connectivity index (χ4v) is 2.85. The van der Waals surface area contributed by atoms with Gasteiger partial charge in [-0.3, -0.25) is 0 Å². The summed E-state index contributed by atoms with van der Waals surface area (Å²) in [6.07, 6.45) is 0.608. The van der Waals surface area contributed by atoms with Crippen molar-refractivity contribution in [2.45, 2.75) is 58.1 Å². The van der Waals surface area contributed by atoms with E-state index in [-0.39, 0.29) is 17.1 Å². The number of para-hydroxylation sites is 1. The molecule has 1 aromatic rings. The molecule has 0 spiro atoms. The summed E-state index contributed by atoms with van der Waals surface area (Å²) < 4.78 is 0. The van der Waals surface area contributed by atoms with Crippen molar-refractivity contribution in [3.05, 3.63) is 29.8 Å². The van der Waals surface area contributed by atoms with Gasteiger partial charge in [-0.1, -0.05) is 39.0 Å². The number of aliphatic hydroxyl groups is 1. The highest BCUT2D eigenvalue weighted by Crippen LogP contribution is 2.39. The van der Waals surface area contributed by atoms with Gasteiger partial charge in [0.1, 0.15) is 0 Å². The minimum atomic E-state index is -0.245. The summed E-state index contributed by atoms with van der Waals surface area (Å²) in [6, 6.07) is 8.57. The van der Waals surface area contributed by atoms with Crippen molar-refractivity contribution in [2.75, 3.05) is 11.4 Å². The Morgan fingerprint density at radius 2 is 1.83 bits per heavy atom. The van der Waals surface area contributed by atoms with Gasteiger partial charge in [0.15, 0.2) is 0 Å². The average molecular weight is 247 g/mol. The van der Waals surface area contributed by atoms with Crippen molar-refractivity contribution in [3.63, 3.8) is 0 Å². The molecule has 2 nitrogen and oxygen atoms in total. The van der Waals surface area contributed by atoms with Gasteiger partial charge >= 0.3 is 0 Å². The Morgan fingerprint density at radius 3 is 2.33 bits per heavy atom. The molecule has 1 heterocycles. The van der Waals surface area contributed by atoms with Gasteiger partial charge in [-0.25, -0.2) is 0 Å². The van der Waals surface area contributed by atoms with Crippen LogP contribution in [0.25, 0.3) is 0 Å². The average Bonchev–Trinajstić information content (AvgIpc) is 2.53. The Hall–Kier alpha value is -1.02. The zero-order valence-electron chi connectivity index (χ0n) is 12.2. The molecule has 0 amide bonds. The first kappa shape index (κ1) is 13.4. The number of hydrogen-bond acceptors (Lipinski definition) is 2. The van der Waals surface area contributed by atoms with Crippen molar-refractivity contribution in [1.82, 2.24) is 0 Å². The van der Waals surface area contributed by atoms with Crippen LogP contribution in [0.3, 0.4) is 0 Å². The topological polar surface area (TPSA) is 23.5 Å². The van der Waals surface area contributed by atoms with E-state index in [2.05, 4.69) is 63.8 Å². The summed E-state index contributed by atoms with van der Waals surface area (Å²) in [5.74, 6) is 0. The summed E-state index contributed by atoms with van der Waals surface area (Å²) in [5, 5.41) is 10.1. The van der Waals surface area contributed by atoms with Gasteiger partial charge in [0.25, 0.3) is 0 Å². The summed E-state index contributed by atoms with van der Waals surface area (Å²) in [5.41, 5.74) is 2.57. The van der Waals surface area contributed by atoms with Crippen LogP contribution < -0.4 is 4.90 Å². The molecule has 0 aliphatic carbocycles. The molecule has 2 heteroatoms. The lowest BCUT2D eigenvalue weighted by atomic mass is 9.84. The molecule has 1 aromatic carbocycles. The highest BCUT2D eigenvalue weighted by Gasteiger charge is 2.41.